The van der Waals surface area contributed by atoms with Crippen LogP contribution in [-0.2, 0) is 11.3 Å². The van der Waals surface area contributed by atoms with Crippen molar-refractivity contribution in [2.24, 2.45) is 0 Å². The molecule has 0 unspecified atom stereocenters. The molecule has 0 aliphatic carbocycles. The molecule has 0 fully saturated rings. The minimum absolute atomic E-state index is 0.227. The van der Waals surface area contributed by atoms with Gasteiger partial charge in [-0.05, 0) is 0 Å². The van der Waals surface area contributed by atoms with Crippen molar-refractivity contribution in [1.29, 1.82) is 0 Å². The first kappa shape index (κ1) is 6.39. The van der Waals surface area contributed by atoms with Gasteiger partial charge in [-0.15, -0.1) is 0 Å². The number of ether oxygens (including phenoxy) is 1. The summed E-state index contributed by atoms with van der Waals surface area (Å²) in [6.45, 7) is 3.09. The average molecular weight is 153 g/mol. The highest BCUT2D eigenvalue weighted by atomic mass is 16.5. The van der Waals surface area contributed by atoms with Crippen LogP contribution in [0.15, 0.2) is 6.33 Å². The van der Waals surface area contributed by atoms with Gasteiger partial charge >= 0.3 is 5.97 Å². The van der Waals surface area contributed by atoms with Gasteiger partial charge in [0.25, 0.3) is 5.69 Å². The maximum Gasteiger partial charge on any atom is 0.382 e. The van der Waals surface area contributed by atoms with Gasteiger partial charge in [0.2, 0.25) is 6.33 Å². The number of aryl methyl sites for hydroxylation is 1. The van der Waals surface area contributed by atoms with E-state index in [1.165, 1.54) is 0 Å². The zero-order valence-corrected chi connectivity index (χ0v) is 6.26. The summed E-state index contributed by atoms with van der Waals surface area (Å²) < 4.78 is 6.74. The van der Waals surface area contributed by atoms with Gasteiger partial charge in [-0.25, -0.2) is 14.3 Å². The molecule has 58 valence electrons. The minimum Gasteiger partial charge on any atom is -0.455 e. The van der Waals surface area contributed by atoms with Gasteiger partial charge in [-0.1, -0.05) is 0 Å². The maximum absolute atomic E-state index is 11.1. The van der Waals surface area contributed by atoms with E-state index in [-0.39, 0.29) is 5.97 Å². The number of carbonyl (C=O) groups excluding carboxylic acids is 1. The van der Waals surface area contributed by atoms with Crippen LogP contribution in [0.2, 0.25) is 0 Å². The van der Waals surface area contributed by atoms with Crippen molar-refractivity contribution in [3.8, 4) is 0 Å². The molecule has 11 heavy (non-hydrogen) atoms. The summed E-state index contributed by atoms with van der Waals surface area (Å²) in [5.74, 6) is -0.227. The van der Waals surface area contributed by atoms with Crippen LogP contribution in [0.25, 0.3) is 0 Å². The van der Waals surface area contributed by atoms with Crippen molar-refractivity contribution < 1.29 is 14.1 Å². The van der Waals surface area contributed by atoms with E-state index in [2.05, 4.69) is 4.98 Å². The van der Waals surface area contributed by atoms with Crippen LogP contribution in [0, 0.1) is 6.92 Å². The molecule has 0 spiro atoms. The number of esters is 1. The summed E-state index contributed by atoms with van der Waals surface area (Å²) in [6.07, 6.45) is 1.80. The van der Waals surface area contributed by atoms with E-state index in [9.17, 15) is 4.79 Å². The molecule has 0 saturated heterocycles. The predicted molar refractivity (Wildman–Crippen MR) is 36.0 cm³/mol. The lowest BCUT2D eigenvalue weighted by Crippen LogP contribution is -2.45. The molecule has 0 bridgehead atoms. The van der Waals surface area contributed by atoms with Gasteiger partial charge in [-0.3, -0.25) is 0 Å². The molecule has 1 aliphatic rings. The number of H-pyrrole nitrogens is 1. The Hall–Kier alpha value is -1.32. The Morgan fingerprint density at radius 1 is 1.73 bits per heavy atom. The van der Waals surface area contributed by atoms with Crippen molar-refractivity contribution >= 4 is 5.97 Å². The fourth-order valence-corrected chi connectivity index (χ4v) is 1.27. The lowest BCUT2D eigenvalue weighted by atomic mass is 10.3. The first-order chi connectivity index (χ1) is 5.29. The zero-order valence-electron chi connectivity index (χ0n) is 6.26. The Bertz CT molecular complexity index is 303. The van der Waals surface area contributed by atoms with E-state index in [0.29, 0.717) is 12.3 Å². The molecular formula is C7H9N2O2+. The molecule has 0 saturated carbocycles. The topological polar surface area (TPSA) is 46.0 Å². The first-order valence-electron chi connectivity index (χ1n) is 3.53. The van der Waals surface area contributed by atoms with E-state index >= 15 is 0 Å². The summed E-state index contributed by atoms with van der Waals surface area (Å²) >= 11 is 0. The van der Waals surface area contributed by atoms with Crippen LogP contribution in [-0.4, -0.2) is 17.6 Å². The van der Waals surface area contributed by atoms with E-state index in [4.69, 9.17) is 4.74 Å². The fraction of sp³-hybridized carbons (Fsp3) is 0.429. The summed E-state index contributed by atoms with van der Waals surface area (Å²) in [5.41, 5.74) is 1.52. The minimum atomic E-state index is -0.227. The van der Waals surface area contributed by atoms with E-state index < -0.39 is 0 Å². The highest BCUT2D eigenvalue weighted by Crippen LogP contribution is 2.04. The number of aromatic nitrogens is 2. The van der Waals surface area contributed by atoms with Gasteiger partial charge in [-0.2, -0.15) is 0 Å². The van der Waals surface area contributed by atoms with Gasteiger partial charge in [0.15, 0.2) is 5.69 Å². The molecule has 0 aromatic carbocycles. The normalized spacial score (nSPS) is 15.9. The number of carbonyl (C=O) groups is 1. The number of rotatable bonds is 0. The first-order valence-corrected chi connectivity index (χ1v) is 3.53. The second-order valence-corrected chi connectivity index (χ2v) is 2.58. The molecule has 1 aromatic rings. The van der Waals surface area contributed by atoms with Crippen LogP contribution >= 0.6 is 0 Å². The number of hydrogen-bond acceptors (Lipinski definition) is 2. The third-order valence-corrected chi connectivity index (χ3v) is 1.84. The van der Waals surface area contributed by atoms with Crippen LogP contribution in [0.1, 0.15) is 16.2 Å². The van der Waals surface area contributed by atoms with Crippen molar-refractivity contribution in [3.05, 3.63) is 17.7 Å². The van der Waals surface area contributed by atoms with Crippen molar-refractivity contribution in [1.82, 2.24) is 4.98 Å². The quantitative estimate of drug-likeness (QED) is 0.413. The van der Waals surface area contributed by atoms with Gasteiger partial charge < -0.3 is 4.74 Å². The van der Waals surface area contributed by atoms with Crippen LogP contribution in [0.5, 0.6) is 0 Å². The molecule has 2 heterocycles. The Labute approximate surface area is 63.8 Å². The molecule has 4 nitrogen and oxygen atoms in total. The largest absolute Gasteiger partial charge is 0.455 e. The number of nitrogens with one attached hydrogen (secondary N) is 1. The second-order valence-electron chi connectivity index (χ2n) is 2.58. The highest BCUT2D eigenvalue weighted by Gasteiger charge is 2.27. The number of aromatic amines is 1. The van der Waals surface area contributed by atoms with Crippen LogP contribution < -0.4 is 4.57 Å². The van der Waals surface area contributed by atoms with E-state index in [1.54, 1.807) is 6.33 Å². The number of fused-ring (bicyclic) bond motifs is 1. The third kappa shape index (κ3) is 0.824. The number of nitrogens with zero attached hydrogens (tertiary/aromatic N) is 1. The lowest BCUT2D eigenvalue weighted by molar-refractivity contribution is -0.704. The van der Waals surface area contributed by atoms with Crippen molar-refractivity contribution in [2.75, 3.05) is 6.61 Å². The van der Waals surface area contributed by atoms with Crippen LogP contribution in [0.3, 0.4) is 0 Å². The molecule has 0 atom stereocenters. The van der Waals surface area contributed by atoms with E-state index in [1.807, 2.05) is 11.5 Å². The lowest BCUT2D eigenvalue weighted by Gasteiger charge is -2.08. The van der Waals surface area contributed by atoms with Crippen LogP contribution in [0.4, 0.5) is 0 Å². The maximum atomic E-state index is 11.1. The number of imidazole rings is 1. The van der Waals surface area contributed by atoms with Gasteiger partial charge in [0.1, 0.15) is 13.2 Å². The standard InChI is InChI=1S/C7H8N2O2/c1-5-6-7(10)11-3-2-9(6)4-8-5/h4H,2-3H2,1H3/p+1. The van der Waals surface area contributed by atoms with Crippen molar-refractivity contribution in [2.45, 2.75) is 13.5 Å². The van der Waals surface area contributed by atoms with Crippen molar-refractivity contribution in [3.63, 3.8) is 0 Å². The number of hydrogen-bond donors (Lipinski definition) is 1. The van der Waals surface area contributed by atoms with Gasteiger partial charge in [0.05, 0.1) is 0 Å². The smallest absolute Gasteiger partial charge is 0.382 e. The zero-order chi connectivity index (χ0) is 7.84. The Morgan fingerprint density at radius 2 is 2.55 bits per heavy atom. The molecule has 1 aromatic heterocycles. The van der Waals surface area contributed by atoms with Gasteiger partial charge in [0, 0.05) is 6.92 Å². The summed E-state index contributed by atoms with van der Waals surface area (Å²) in [6, 6.07) is 0. The molecular weight excluding hydrogens is 144 g/mol. The molecule has 1 aliphatic heterocycles. The molecule has 1 N–H and O–H groups in total. The predicted octanol–water partition coefficient (Wildman–Crippen LogP) is -0.219. The Kier molecular flexibility index (Phi) is 1.21. The third-order valence-electron chi connectivity index (χ3n) is 1.84. The molecule has 2 rings (SSSR count). The SMILES string of the molecule is Cc1[nH]c[n+]2c1C(=O)OCC2. The van der Waals surface area contributed by atoms with E-state index in [0.717, 1.165) is 12.2 Å². The second kappa shape index (κ2) is 2.08. The molecule has 4 heteroatoms. The summed E-state index contributed by atoms with van der Waals surface area (Å²) in [7, 11) is 0. The summed E-state index contributed by atoms with van der Waals surface area (Å²) in [4.78, 5) is 14.1. The Morgan fingerprint density at radius 3 is 3.27 bits per heavy atom. The Balaban J connectivity index is 2.56. The highest BCUT2D eigenvalue weighted by molar-refractivity contribution is 5.87. The molecule has 0 amide bonds. The number of cyclic esters (lactones) is 1. The fourth-order valence-electron chi connectivity index (χ4n) is 1.27. The monoisotopic (exact) mass is 153 g/mol. The summed E-state index contributed by atoms with van der Waals surface area (Å²) in [5, 5.41) is 0. The average Bonchev–Trinajstić information content (AvgIpc) is 2.34. The molecule has 0 radical (unpaired) electrons.